The third-order valence-electron chi connectivity index (χ3n) is 2.30. The lowest BCUT2D eigenvalue weighted by Crippen LogP contribution is -1.88. The normalized spacial score (nSPS) is 10.1. The molecule has 16 heavy (non-hydrogen) atoms. The zero-order valence-electron chi connectivity index (χ0n) is 8.45. The zero-order chi connectivity index (χ0) is 11.5. The number of nitrogens with zero attached hydrogens (tertiary/aromatic N) is 1. The summed E-state index contributed by atoms with van der Waals surface area (Å²) in [6.07, 6.45) is 4.86. The van der Waals surface area contributed by atoms with Crippen LogP contribution in [-0.4, -0.2) is 4.98 Å². The highest BCUT2D eigenvalue weighted by Gasteiger charge is 2.06. The van der Waals surface area contributed by atoms with E-state index in [1.54, 1.807) is 24.5 Å². The quantitative estimate of drug-likeness (QED) is 0.747. The summed E-state index contributed by atoms with van der Waals surface area (Å²) in [6.45, 7) is 3.65. The van der Waals surface area contributed by atoms with Gasteiger partial charge in [0.25, 0.3) is 0 Å². The average molecular weight is 217 g/mol. The standard InChI is InChI=1S/C13H9F2N/c1-2-9-8-16-6-5-11(9)10-3-4-12(14)13(15)7-10/h2-8H,1H2. The first kappa shape index (κ1) is 10.5. The van der Waals surface area contributed by atoms with Crippen molar-refractivity contribution in [1.82, 2.24) is 4.98 Å². The van der Waals surface area contributed by atoms with Crippen molar-refractivity contribution in [3.63, 3.8) is 0 Å². The highest BCUT2D eigenvalue weighted by atomic mass is 19.2. The number of benzene rings is 1. The second-order valence-corrected chi connectivity index (χ2v) is 3.30. The molecule has 1 aromatic carbocycles. The molecule has 0 aliphatic carbocycles. The summed E-state index contributed by atoms with van der Waals surface area (Å²) in [5.41, 5.74) is 2.17. The van der Waals surface area contributed by atoms with Gasteiger partial charge in [-0.15, -0.1) is 0 Å². The topological polar surface area (TPSA) is 12.9 Å². The molecule has 0 unspecified atom stereocenters. The summed E-state index contributed by atoms with van der Waals surface area (Å²) in [7, 11) is 0. The highest BCUT2D eigenvalue weighted by molar-refractivity contribution is 5.73. The lowest BCUT2D eigenvalue weighted by atomic mass is 10.0. The van der Waals surface area contributed by atoms with Crippen molar-refractivity contribution < 1.29 is 8.78 Å². The van der Waals surface area contributed by atoms with Crippen molar-refractivity contribution >= 4 is 6.08 Å². The maximum Gasteiger partial charge on any atom is 0.159 e. The van der Waals surface area contributed by atoms with Crippen LogP contribution < -0.4 is 0 Å². The van der Waals surface area contributed by atoms with E-state index >= 15 is 0 Å². The maximum absolute atomic E-state index is 13.1. The van der Waals surface area contributed by atoms with E-state index in [1.165, 1.54) is 6.07 Å². The summed E-state index contributed by atoms with van der Waals surface area (Å²) in [5, 5.41) is 0. The van der Waals surface area contributed by atoms with Gasteiger partial charge in [-0.25, -0.2) is 8.78 Å². The molecule has 0 aliphatic rings. The van der Waals surface area contributed by atoms with Crippen LogP contribution in [0.4, 0.5) is 8.78 Å². The Kier molecular flexibility index (Phi) is 2.77. The largest absolute Gasteiger partial charge is 0.264 e. The molecular formula is C13H9F2N. The Morgan fingerprint density at radius 2 is 1.94 bits per heavy atom. The van der Waals surface area contributed by atoms with Crippen molar-refractivity contribution in [1.29, 1.82) is 0 Å². The number of aromatic nitrogens is 1. The SMILES string of the molecule is C=Cc1cnccc1-c1ccc(F)c(F)c1. The van der Waals surface area contributed by atoms with Crippen molar-refractivity contribution in [2.45, 2.75) is 0 Å². The van der Waals surface area contributed by atoms with E-state index in [0.29, 0.717) is 5.56 Å². The lowest BCUT2D eigenvalue weighted by Gasteiger charge is -2.05. The van der Waals surface area contributed by atoms with E-state index in [-0.39, 0.29) is 0 Å². The Hall–Kier alpha value is -2.03. The average Bonchev–Trinajstić information content (AvgIpc) is 2.32. The monoisotopic (exact) mass is 217 g/mol. The van der Waals surface area contributed by atoms with E-state index in [2.05, 4.69) is 11.6 Å². The molecule has 0 fully saturated rings. The Bertz CT molecular complexity index is 535. The summed E-state index contributed by atoms with van der Waals surface area (Å²) in [6, 6.07) is 5.54. The molecule has 0 atom stereocenters. The number of pyridine rings is 1. The predicted octanol–water partition coefficient (Wildman–Crippen LogP) is 3.67. The zero-order valence-corrected chi connectivity index (χ0v) is 8.45. The summed E-state index contributed by atoms with van der Waals surface area (Å²) < 4.78 is 25.9. The molecule has 0 saturated carbocycles. The van der Waals surface area contributed by atoms with E-state index in [0.717, 1.165) is 23.3 Å². The fraction of sp³-hybridized carbons (Fsp3) is 0. The fourth-order valence-electron chi connectivity index (χ4n) is 1.50. The molecule has 1 heterocycles. The molecule has 0 radical (unpaired) electrons. The van der Waals surface area contributed by atoms with Crippen LogP contribution in [0.15, 0.2) is 43.2 Å². The Morgan fingerprint density at radius 1 is 1.12 bits per heavy atom. The first-order valence-corrected chi connectivity index (χ1v) is 4.74. The third-order valence-corrected chi connectivity index (χ3v) is 2.30. The van der Waals surface area contributed by atoms with E-state index in [4.69, 9.17) is 0 Å². The lowest BCUT2D eigenvalue weighted by molar-refractivity contribution is 0.509. The van der Waals surface area contributed by atoms with Gasteiger partial charge in [0.05, 0.1) is 0 Å². The second-order valence-electron chi connectivity index (χ2n) is 3.30. The molecule has 0 aliphatic heterocycles. The Morgan fingerprint density at radius 3 is 2.62 bits per heavy atom. The molecule has 0 bridgehead atoms. The van der Waals surface area contributed by atoms with Gasteiger partial charge >= 0.3 is 0 Å². The number of hydrogen-bond acceptors (Lipinski definition) is 1. The Labute approximate surface area is 92.1 Å². The summed E-state index contributed by atoms with van der Waals surface area (Å²) >= 11 is 0. The van der Waals surface area contributed by atoms with Crippen molar-refractivity contribution in [3.8, 4) is 11.1 Å². The molecule has 2 aromatic rings. The number of rotatable bonds is 2. The molecule has 0 amide bonds. The molecule has 0 spiro atoms. The van der Waals surface area contributed by atoms with Gasteiger partial charge in [-0.2, -0.15) is 0 Å². The van der Waals surface area contributed by atoms with Crippen LogP contribution in [0.2, 0.25) is 0 Å². The van der Waals surface area contributed by atoms with Crippen molar-refractivity contribution in [2.24, 2.45) is 0 Å². The van der Waals surface area contributed by atoms with Gasteiger partial charge in [0.15, 0.2) is 11.6 Å². The van der Waals surface area contributed by atoms with Crippen LogP contribution in [0.25, 0.3) is 17.2 Å². The molecule has 0 N–H and O–H groups in total. The third kappa shape index (κ3) is 1.84. The summed E-state index contributed by atoms with van der Waals surface area (Å²) in [5.74, 6) is -1.71. The van der Waals surface area contributed by atoms with Crippen LogP contribution in [0.3, 0.4) is 0 Å². The van der Waals surface area contributed by atoms with Gasteiger partial charge in [-0.05, 0) is 29.3 Å². The first-order chi connectivity index (χ1) is 7.72. The molecule has 80 valence electrons. The van der Waals surface area contributed by atoms with Gasteiger partial charge < -0.3 is 0 Å². The molecule has 1 nitrogen and oxygen atoms in total. The smallest absolute Gasteiger partial charge is 0.159 e. The van der Waals surface area contributed by atoms with E-state index < -0.39 is 11.6 Å². The second kappa shape index (κ2) is 4.23. The van der Waals surface area contributed by atoms with Crippen molar-refractivity contribution in [3.05, 3.63) is 60.4 Å². The van der Waals surface area contributed by atoms with Gasteiger partial charge in [0.2, 0.25) is 0 Å². The summed E-state index contributed by atoms with van der Waals surface area (Å²) in [4.78, 5) is 3.94. The van der Waals surface area contributed by atoms with Crippen LogP contribution in [0, 0.1) is 11.6 Å². The van der Waals surface area contributed by atoms with E-state index in [9.17, 15) is 8.78 Å². The molecule has 2 rings (SSSR count). The van der Waals surface area contributed by atoms with Crippen LogP contribution in [-0.2, 0) is 0 Å². The molecule has 3 heteroatoms. The number of halogens is 2. The minimum Gasteiger partial charge on any atom is -0.264 e. The Balaban J connectivity index is 2.58. The highest BCUT2D eigenvalue weighted by Crippen LogP contribution is 2.25. The number of hydrogen-bond donors (Lipinski definition) is 0. The van der Waals surface area contributed by atoms with Crippen LogP contribution in [0.5, 0.6) is 0 Å². The first-order valence-electron chi connectivity index (χ1n) is 4.74. The van der Waals surface area contributed by atoms with Gasteiger partial charge in [0, 0.05) is 18.0 Å². The minimum absolute atomic E-state index is 0.608. The molecular weight excluding hydrogens is 208 g/mol. The van der Waals surface area contributed by atoms with E-state index in [1.807, 2.05) is 0 Å². The minimum atomic E-state index is -0.857. The predicted molar refractivity (Wildman–Crippen MR) is 59.7 cm³/mol. The van der Waals surface area contributed by atoms with Crippen molar-refractivity contribution in [2.75, 3.05) is 0 Å². The van der Waals surface area contributed by atoms with Gasteiger partial charge in [-0.1, -0.05) is 18.7 Å². The maximum atomic E-state index is 13.1. The molecule has 1 aromatic heterocycles. The van der Waals surface area contributed by atoms with Gasteiger partial charge in [-0.3, -0.25) is 4.98 Å². The molecule has 0 saturated heterocycles. The fourth-order valence-corrected chi connectivity index (χ4v) is 1.50. The van der Waals surface area contributed by atoms with Crippen LogP contribution in [0.1, 0.15) is 5.56 Å². The van der Waals surface area contributed by atoms with Crippen LogP contribution >= 0.6 is 0 Å². The van der Waals surface area contributed by atoms with Gasteiger partial charge in [0.1, 0.15) is 0 Å².